The van der Waals surface area contributed by atoms with Crippen LogP contribution in [0.1, 0.15) is 13.8 Å². The summed E-state index contributed by atoms with van der Waals surface area (Å²) in [4.78, 5) is 10.4. The first-order chi connectivity index (χ1) is 9.18. The fourth-order valence-corrected chi connectivity index (χ4v) is 3.97. The van der Waals surface area contributed by atoms with Crippen LogP contribution in [0.4, 0.5) is 0 Å². The Labute approximate surface area is 126 Å². The molecular formula is C14H20ClN3OSi. The lowest BCUT2D eigenvalue weighted by molar-refractivity contribution is 0.163. The normalized spacial score (nSPS) is 18.7. The van der Waals surface area contributed by atoms with Gasteiger partial charge in [-0.2, -0.15) is 0 Å². The molecule has 0 fully saturated rings. The number of hydrogen-bond acceptors (Lipinski definition) is 4. The summed E-state index contributed by atoms with van der Waals surface area (Å²) in [7, 11) is -1.63. The third-order valence-electron chi connectivity index (χ3n) is 2.69. The predicted octanol–water partition coefficient (Wildman–Crippen LogP) is 2.83. The van der Waals surface area contributed by atoms with Gasteiger partial charge in [0.05, 0.1) is 17.8 Å². The zero-order chi connectivity index (χ0) is 15.0. The maximum Gasteiger partial charge on any atom is 0.185 e. The van der Waals surface area contributed by atoms with Crippen LogP contribution in [0.25, 0.3) is 0 Å². The highest BCUT2D eigenvalue weighted by Gasteiger charge is 2.26. The van der Waals surface area contributed by atoms with Crippen molar-refractivity contribution in [1.29, 1.82) is 0 Å². The number of hydrogen-bond donors (Lipinski definition) is 0. The number of aliphatic imine (C=N–C) groups is 2. The van der Waals surface area contributed by atoms with Crippen molar-refractivity contribution in [3.05, 3.63) is 10.7 Å². The first-order valence-corrected chi connectivity index (χ1v) is 10.4. The molecule has 2 aliphatic heterocycles. The average Bonchev–Trinajstić information content (AvgIpc) is 2.73. The largest absolute Gasteiger partial charge is 0.402 e. The molecular weight excluding hydrogens is 290 g/mol. The molecule has 0 amide bonds. The quantitative estimate of drug-likeness (QED) is 0.447. The van der Waals surface area contributed by atoms with Crippen LogP contribution in [0.3, 0.4) is 0 Å². The third-order valence-corrected chi connectivity index (χ3v) is 4.22. The SMILES string of the molecule is CC(C)(C#CN1CN=C2CN=CC2=C1Cl)O[Si](C)(C)C. The van der Waals surface area contributed by atoms with Gasteiger partial charge in [-0.25, -0.2) is 0 Å². The van der Waals surface area contributed by atoms with Crippen LogP contribution in [0.5, 0.6) is 0 Å². The molecule has 0 N–H and O–H groups in total. The lowest BCUT2D eigenvalue weighted by atomic mass is 10.1. The van der Waals surface area contributed by atoms with Gasteiger partial charge >= 0.3 is 0 Å². The van der Waals surface area contributed by atoms with Gasteiger partial charge in [0, 0.05) is 12.3 Å². The molecule has 2 rings (SSSR count). The Balaban J connectivity index is 2.15. The molecule has 6 heteroatoms. The molecule has 0 aromatic carbocycles. The van der Waals surface area contributed by atoms with Crippen LogP contribution in [0.15, 0.2) is 20.7 Å². The van der Waals surface area contributed by atoms with Crippen molar-refractivity contribution in [1.82, 2.24) is 4.90 Å². The van der Waals surface area contributed by atoms with Crippen LogP contribution in [0.2, 0.25) is 19.6 Å². The van der Waals surface area contributed by atoms with Gasteiger partial charge in [-0.1, -0.05) is 11.6 Å². The molecule has 0 aliphatic carbocycles. The molecule has 0 unspecified atom stereocenters. The van der Waals surface area contributed by atoms with Crippen molar-refractivity contribution in [2.24, 2.45) is 9.98 Å². The summed E-state index contributed by atoms with van der Waals surface area (Å²) in [5.41, 5.74) is 1.35. The third kappa shape index (κ3) is 3.72. The average molecular weight is 310 g/mol. The highest BCUT2D eigenvalue weighted by atomic mass is 35.5. The highest BCUT2D eigenvalue weighted by molar-refractivity contribution is 6.69. The zero-order valence-corrected chi connectivity index (χ0v) is 14.4. The molecule has 0 spiro atoms. The molecule has 2 aliphatic rings. The first-order valence-electron chi connectivity index (χ1n) is 6.62. The Morgan fingerprint density at radius 2 is 2.10 bits per heavy atom. The minimum absolute atomic E-state index is 0.455. The molecule has 4 nitrogen and oxygen atoms in total. The Kier molecular flexibility index (Phi) is 4.10. The van der Waals surface area contributed by atoms with Crippen molar-refractivity contribution < 1.29 is 4.43 Å². The summed E-state index contributed by atoms with van der Waals surface area (Å²) in [5.74, 6) is 3.15. The molecule has 0 aromatic heterocycles. The second-order valence-electron chi connectivity index (χ2n) is 6.31. The van der Waals surface area contributed by atoms with Crippen molar-refractivity contribution in [3.63, 3.8) is 0 Å². The van der Waals surface area contributed by atoms with E-state index in [9.17, 15) is 0 Å². The number of halogens is 1. The summed E-state index contributed by atoms with van der Waals surface area (Å²) in [6.07, 6.45) is 1.76. The second-order valence-corrected chi connectivity index (χ2v) is 11.1. The van der Waals surface area contributed by atoms with Crippen LogP contribution in [-0.4, -0.2) is 44.0 Å². The maximum atomic E-state index is 6.34. The van der Waals surface area contributed by atoms with E-state index in [0.29, 0.717) is 18.4 Å². The smallest absolute Gasteiger partial charge is 0.185 e. The number of nitrogens with zero attached hydrogens (tertiary/aromatic N) is 3. The Bertz CT molecular complexity index is 561. The van der Waals surface area contributed by atoms with Gasteiger partial charge in [-0.3, -0.25) is 14.9 Å². The van der Waals surface area contributed by atoms with Crippen molar-refractivity contribution in [2.45, 2.75) is 39.1 Å². The molecule has 0 atom stereocenters. The summed E-state index contributed by atoms with van der Waals surface area (Å²) in [5, 5.41) is 0.604. The van der Waals surface area contributed by atoms with E-state index in [1.807, 2.05) is 13.8 Å². The molecule has 108 valence electrons. The standard InChI is InChI=1S/C14H20ClN3OSi/c1-14(2,19-20(3,4)5)6-7-18-10-17-12-9-16-8-11(12)13(18)15/h8H,9-10H2,1-5H3. The van der Waals surface area contributed by atoms with E-state index in [2.05, 4.69) is 41.6 Å². The summed E-state index contributed by atoms with van der Waals surface area (Å²) in [6, 6.07) is 3.07. The van der Waals surface area contributed by atoms with Gasteiger partial charge in [-0.15, -0.1) is 0 Å². The van der Waals surface area contributed by atoms with Gasteiger partial charge in [0.15, 0.2) is 8.32 Å². The zero-order valence-electron chi connectivity index (χ0n) is 12.6. The Hall–Kier alpha value is -1.09. The fraction of sp³-hybridized carbons (Fsp3) is 0.571. The van der Waals surface area contributed by atoms with Gasteiger partial charge in [0.1, 0.15) is 17.4 Å². The van der Waals surface area contributed by atoms with Crippen LogP contribution >= 0.6 is 11.6 Å². The lowest BCUT2D eigenvalue weighted by Crippen LogP contribution is -2.37. The van der Waals surface area contributed by atoms with E-state index in [1.165, 1.54) is 0 Å². The van der Waals surface area contributed by atoms with E-state index in [0.717, 1.165) is 11.3 Å². The van der Waals surface area contributed by atoms with Gasteiger partial charge < -0.3 is 4.43 Å². The molecule has 2 heterocycles. The minimum Gasteiger partial charge on any atom is -0.402 e. The fourth-order valence-electron chi connectivity index (χ4n) is 2.13. The summed E-state index contributed by atoms with van der Waals surface area (Å²) in [6.45, 7) is 11.5. The van der Waals surface area contributed by atoms with E-state index in [4.69, 9.17) is 16.0 Å². The molecule has 0 saturated carbocycles. The number of rotatable bonds is 2. The Morgan fingerprint density at radius 1 is 1.40 bits per heavy atom. The molecule has 0 aromatic rings. The van der Waals surface area contributed by atoms with E-state index >= 15 is 0 Å². The van der Waals surface area contributed by atoms with Crippen LogP contribution in [0, 0.1) is 12.0 Å². The van der Waals surface area contributed by atoms with Crippen molar-refractivity contribution in [3.8, 4) is 12.0 Å². The maximum absolute atomic E-state index is 6.34. The number of fused-ring (bicyclic) bond motifs is 1. The predicted molar refractivity (Wildman–Crippen MR) is 86.7 cm³/mol. The van der Waals surface area contributed by atoms with Gasteiger partial charge in [0.25, 0.3) is 0 Å². The molecule has 0 bridgehead atoms. The monoisotopic (exact) mass is 309 g/mol. The van der Waals surface area contributed by atoms with E-state index in [-0.39, 0.29) is 0 Å². The molecule has 0 radical (unpaired) electrons. The van der Waals surface area contributed by atoms with Crippen LogP contribution < -0.4 is 0 Å². The topological polar surface area (TPSA) is 37.2 Å². The summed E-state index contributed by atoms with van der Waals surface area (Å²) < 4.78 is 6.06. The van der Waals surface area contributed by atoms with Crippen molar-refractivity contribution in [2.75, 3.05) is 13.2 Å². The molecule has 0 saturated heterocycles. The lowest BCUT2D eigenvalue weighted by Gasteiger charge is -2.29. The Morgan fingerprint density at radius 3 is 2.75 bits per heavy atom. The van der Waals surface area contributed by atoms with Crippen molar-refractivity contribution >= 4 is 31.8 Å². The summed E-state index contributed by atoms with van der Waals surface area (Å²) >= 11 is 6.34. The van der Waals surface area contributed by atoms with E-state index in [1.54, 1.807) is 11.1 Å². The second kappa shape index (κ2) is 5.36. The van der Waals surface area contributed by atoms with Crippen LogP contribution in [-0.2, 0) is 4.43 Å². The minimum atomic E-state index is -1.63. The first kappa shape index (κ1) is 15.3. The molecule has 20 heavy (non-hydrogen) atoms. The van der Waals surface area contributed by atoms with E-state index < -0.39 is 13.9 Å². The van der Waals surface area contributed by atoms with Gasteiger partial charge in [0.2, 0.25) is 0 Å². The highest BCUT2D eigenvalue weighted by Crippen LogP contribution is 2.23. The van der Waals surface area contributed by atoms with Gasteiger partial charge in [-0.05, 0) is 39.4 Å².